The normalized spacial score (nSPS) is 27.6. The van der Waals surface area contributed by atoms with E-state index in [1.807, 2.05) is 21.6 Å². The Hall–Kier alpha value is -2.64. The molecule has 0 radical (unpaired) electrons. The molecule has 3 aliphatic heterocycles. The van der Waals surface area contributed by atoms with Crippen LogP contribution in [0.2, 0.25) is 0 Å². The van der Waals surface area contributed by atoms with Gasteiger partial charge in [-0.3, -0.25) is 19.7 Å². The molecule has 0 spiro atoms. The molecular weight excluding hydrogens is 384 g/mol. The molecule has 30 heavy (non-hydrogen) atoms. The molecule has 8 heteroatoms. The molecule has 1 aromatic rings. The maximum Gasteiger partial charge on any atom is 0.322 e. The summed E-state index contributed by atoms with van der Waals surface area (Å²) in [7, 11) is 0. The molecule has 2 fully saturated rings. The number of carbonyl (C=O) groups excluding carboxylic acids is 3. The SMILES string of the molecule is CC(C)CC[C@H]1[C@H]2C[C@H](CN(C(=O)CC[C@@H]3NC(=O)NC3=O)C2)c2cccc(=O)n21. The van der Waals surface area contributed by atoms with Crippen LogP contribution in [0, 0.1) is 11.8 Å². The molecule has 4 atom stereocenters. The number of pyridine rings is 1. The fraction of sp³-hybridized carbons (Fsp3) is 0.636. The number of carbonyl (C=O) groups is 3. The van der Waals surface area contributed by atoms with Gasteiger partial charge in [0.2, 0.25) is 5.91 Å². The van der Waals surface area contributed by atoms with Gasteiger partial charge in [-0.15, -0.1) is 0 Å². The molecule has 4 heterocycles. The van der Waals surface area contributed by atoms with E-state index in [1.165, 1.54) is 0 Å². The Kier molecular flexibility index (Phi) is 5.66. The number of nitrogens with one attached hydrogen (secondary N) is 2. The van der Waals surface area contributed by atoms with E-state index in [9.17, 15) is 19.2 Å². The lowest BCUT2D eigenvalue weighted by molar-refractivity contribution is -0.134. The van der Waals surface area contributed by atoms with Crippen LogP contribution < -0.4 is 16.2 Å². The highest BCUT2D eigenvalue weighted by atomic mass is 16.2. The van der Waals surface area contributed by atoms with Crippen molar-refractivity contribution in [3.63, 3.8) is 0 Å². The first-order chi connectivity index (χ1) is 14.3. The molecule has 4 amide bonds. The number of aromatic nitrogens is 1. The van der Waals surface area contributed by atoms with Crippen molar-refractivity contribution in [3.8, 4) is 0 Å². The molecule has 4 rings (SSSR count). The molecule has 0 unspecified atom stereocenters. The summed E-state index contributed by atoms with van der Waals surface area (Å²) in [6.07, 6.45) is 3.49. The summed E-state index contributed by atoms with van der Waals surface area (Å²) in [6, 6.07) is 4.45. The lowest BCUT2D eigenvalue weighted by atomic mass is 9.76. The van der Waals surface area contributed by atoms with Gasteiger partial charge >= 0.3 is 6.03 Å². The highest BCUT2D eigenvalue weighted by Gasteiger charge is 2.41. The van der Waals surface area contributed by atoms with Gasteiger partial charge in [0.25, 0.3) is 11.5 Å². The summed E-state index contributed by atoms with van der Waals surface area (Å²) in [6.45, 7) is 5.62. The third-order valence-corrected chi connectivity index (χ3v) is 6.70. The Bertz CT molecular complexity index is 909. The standard InChI is InChI=1S/C22H30N4O4/c1-13(2)6-8-18-15-10-14(17-4-3-5-20(28)26(17)18)11-25(12-15)19(27)9-7-16-21(29)24-22(30)23-16/h3-5,13-16,18H,6-12H2,1-2H3,(H2,23,24,29,30)/t14-,15+,16+,18+/m1/s1. The van der Waals surface area contributed by atoms with E-state index in [4.69, 9.17) is 0 Å². The maximum atomic E-state index is 12.9. The van der Waals surface area contributed by atoms with Crippen molar-refractivity contribution in [2.75, 3.05) is 13.1 Å². The van der Waals surface area contributed by atoms with Gasteiger partial charge in [0, 0.05) is 43.2 Å². The second-order valence-corrected chi connectivity index (χ2v) is 9.24. The molecule has 2 bridgehead atoms. The van der Waals surface area contributed by atoms with Gasteiger partial charge < -0.3 is 14.8 Å². The highest BCUT2D eigenvalue weighted by molar-refractivity contribution is 6.04. The van der Waals surface area contributed by atoms with E-state index in [0.717, 1.165) is 25.0 Å². The topological polar surface area (TPSA) is 101 Å². The number of hydrogen-bond acceptors (Lipinski definition) is 4. The van der Waals surface area contributed by atoms with E-state index in [2.05, 4.69) is 24.5 Å². The molecule has 2 N–H and O–H groups in total. The fourth-order valence-corrected chi connectivity index (χ4v) is 5.21. The Morgan fingerprint density at radius 1 is 1.17 bits per heavy atom. The first-order valence-electron chi connectivity index (χ1n) is 10.9. The number of fused-ring (bicyclic) bond motifs is 4. The Morgan fingerprint density at radius 3 is 2.67 bits per heavy atom. The Balaban J connectivity index is 1.49. The van der Waals surface area contributed by atoms with Crippen LogP contribution in [0.25, 0.3) is 0 Å². The number of rotatable bonds is 6. The van der Waals surface area contributed by atoms with E-state index in [0.29, 0.717) is 25.4 Å². The minimum absolute atomic E-state index is 0.00740. The number of amides is 4. The van der Waals surface area contributed by atoms with Crippen LogP contribution in [0.5, 0.6) is 0 Å². The summed E-state index contributed by atoms with van der Waals surface area (Å²) in [5, 5.41) is 4.75. The summed E-state index contributed by atoms with van der Waals surface area (Å²) in [5.41, 5.74) is 1.09. The minimum atomic E-state index is -0.635. The molecule has 2 saturated heterocycles. The smallest absolute Gasteiger partial charge is 0.322 e. The van der Waals surface area contributed by atoms with E-state index in [1.54, 1.807) is 6.07 Å². The summed E-state index contributed by atoms with van der Waals surface area (Å²) in [4.78, 5) is 50.5. The lowest BCUT2D eigenvalue weighted by Gasteiger charge is -2.47. The zero-order valence-corrected chi connectivity index (χ0v) is 17.6. The Morgan fingerprint density at radius 2 is 1.97 bits per heavy atom. The number of hydrogen-bond donors (Lipinski definition) is 2. The molecule has 8 nitrogen and oxygen atoms in total. The van der Waals surface area contributed by atoms with Crippen molar-refractivity contribution in [2.45, 2.75) is 64.0 Å². The van der Waals surface area contributed by atoms with Crippen molar-refractivity contribution in [1.82, 2.24) is 20.1 Å². The zero-order valence-electron chi connectivity index (χ0n) is 17.6. The van der Waals surface area contributed by atoms with E-state index in [-0.39, 0.29) is 41.7 Å². The van der Waals surface area contributed by atoms with Gasteiger partial charge in [-0.05, 0) is 43.6 Å². The van der Waals surface area contributed by atoms with E-state index < -0.39 is 12.1 Å². The average molecular weight is 415 g/mol. The maximum absolute atomic E-state index is 12.9. The number of nitrogens with zero attached hydrogens (tertiary/aromatic N) is 2. The van der Waals surface area contributed by atoms with E-state index >= 15 is 0 Å². The summed E-state index contributed by atoms with van der Waals surface area (Å²) in [5.74, 6) is 0.609. The van der Waals surface area contributed by atoms with Crippen LogP contribution in [-0.2, 0) is 9.59 Å². The van der Waals surface area contributed by atoms with Crippen molar-refractivity contribution < 1.29 is 14.4 Å². The fourth-order valence-electron chi connectivity index (χ4n) is 5.21. The quantitative estimate of drug-likeness (QED) is 0.693. The second kappa shape index (κ2) is 8.24. The molecule has 3 aliphatic rings. The zero-order chi connectivity index (χ0) is 21.4. The minimum Gasteiger partial charge on any atom is -0.342 e. The number of likely N-dealkylation sites (tertiary alicyclic amines) is 1. The predicted molar refractivity (Wildman–Crippen MR) is 111 cm³/mol. The van der Waals surface area contributed by atoms with Crippen LogP contribution >= 0.6 is 0 Å². The number of imide groups is 1. The first kappa shape index (κ1) is 20.6. The van der Waals surface area contributed by atoms with Crippen molar-refractivity contribution in [2.24, 2.45) is 11.8 Å². The molecule has 1 aromatic heterocycles. The van der Waals surface area contributed by atoms with Crippen LogP contribution in [0.3, 0.4) is 0 Å². The third kappa shape index (κ3) is 4.00. The highest BCUT2D eigenvalue weighted by Crippen LogP contribution is 2.43. The Labute approximate surface area is 176 Å². The van der Waals surface area contributed by atoms with Gasteiger partial charge in [-0.1, -0.05) is 19.9 Å². The summed E-state index contributed by atoms with van der Waals surface area (Å²) >= 11 is 0. The first-order valence-corrected chi connectivity index (χ1v) is 10.9. The van der Waals surface area contributed by atoms with Crippen LogP contribution in [0.1, 0.15) is 63.6 Å². The molecule has 162 valence electrons. The monoisotopic (exact) mass is 414 g/mol. The van der Waals surface area contributed by atoms with Crippen LogP contribution in [0.4, 0.5) is 4.79 Å². The third-order valence-electron chi connectivity index (χ3n) is 6.70. The van der Waals surface area contributed by atoms with Gasteiger partial charge in [0.1, 0.15) is 6.04 Å². The summed E-state index contributed by atoms with van der Waals surface area (Å²) < 4.78 is 1.99. The van der Waals surface area contributed by atoms with Crippen LogP contribution in [-0.4, -0.2) is 46.4 Å². The lowest BCUT2D eigenvalue weighted by Crippen LogP contribution is -2.51. The van der Waals surface area contributed by atoms with Crippen molar-refractivity contribution >= 4 is 17.8 Å². The van der Waals surface area contributed by atoms with Gasteiger partial charge in [-0.25, -0.2) is 4.79 Å². The van der Waals surface area contributed by atoms with Gasteiger partial charge in [0.05, 0.1) is 0 Å². The average Bonchev–Trinajstić information content (AvgIpc) is 3.03. The number of urea groups is 1. The second-order valence-electron chi connectivity index (χ2n) is 9.24. The van der Waals surface area contributed by atoms with Crippen molar-refractivity contribution in [1.29, 1.82) is 0 Å². The molecule has 0 aromatic carbocycles. The van der Waals surface area contributed by atoms with Gasteiger partial charge in [0.15, 0.2) is 0 Å². The molecular formula is C22H30N4O4. The van der Waals surface area contributed by atoms with Crippen LogP contribution in [0.15, 0.2) is 23.0 Å². The molecule has 0 saturated carbocycles. The molecule has 0 aliphatic carbocycles. The number of piperidine rings is 1. The van der Waals surface area contributed by atoms with Gasteiger partial charge in [-0.2, -0.15) is 0 Å². The largest absolute Gasteiger partial charge is 0.342 e. The van der Waals surface area contributed by atoms with Crippen molar-refractivity contribution in [3.05, 3.63) is 34.2 Å². The predicted octanol–water partition coefficient (Wildman–Crippen LogP) is 1.76.